The largest absolute Gasteiger partial charge is 0.329 e. The molecule has 1 atom stereocenters. The van der Waals surface area contributed by atoms with Crippen molar-refractivity contribution in [2.45, 2.75) is 12.5 Å². The van der Waals surface area contributed by atoms with Gasteiger partial charge in [0.2, 0.25) is 0 Å². The lowest BCUT2D eigenvalue weighted by Crippen LogP contribution is -2.54. The lowest BCUT2D eigenvalue weighted by atomic mass is 10.1. The lowest BCUT2D eigenvalue weighted by molar-refractivity contribution is 0.168. The minimum atomic E-state index is 0.512. The Morgan fingerprint density at radius 3 is 2.88 bits per heavy atom. The summed E-state index contributed by atoms with van der Waals surface area (Å²) in [6, 6.07) is 11.2. The smallest absolute Gasteiger partial charge is 0.0343 e. The summed E-state index contributed by atoms with van der Waals surface area (Å²) in [5, 5.41) is 3.39. The van der Waals surface area contributed by atoms with Crippen molar-refractivity contribution in [2.24, 2.45) is 5.73 Å². The maximum absolute atomic E-state index is 5.78. The van der Waals surface area contributed by atoms with Gasteiger partial charge in [0.15, 0.2) is 0 Å². The first-order chi connectivity index (χ1) is 7.90. The zero-order valence-electron chi connectivity index (χ0n) is 9.73. The lowest BCUT2D eigenvalue weighted by Gasteiger charge is -2.35. The van der Waals surface area contributed by atoms with Crippen LogP contribution in [0.2, 0.25) is 0 Å². The summed E-state index contributed by atoms with van der Waals surface area (Å²) < 4.78 is 0. The topological polar surface area (TPSA) is 41.3 Å². The molecule has 1 aromatic carbocycles. The summed E-state index contributed by atoms with van der Waals surface area (Å²) in [5.74, 6) is 0. The van der Waals surface area contributed by atoms with Crippen LogP contribution in [0.25, 0.3) is 0 Å². The number of nitrogens with one attached hydrogen (secondary N) is 1. The van der Waals surface area contributed by atoms with E-state index in [-0.39, 0.29) is 0 Å². The van der Waals surface area contributed by atoms with Crippen molar-refractivity contribution >= 4 is 0 Å². The van der Waals surface area contributed by atoms with E-state index in [4.69, 9.17) is 5.73 Å². The Labute approximate surface area is 97.6 Å². The molecule has 1 heterocycles. The second-order valence-electron chi connectivity index (χ2n) is 4.37. The molecule has 1 fully saturated rings. The minimum Gasteiger partial charge on any atom is -0.329 e. The summed E-state index contributed by atoms with van der Waals surface area (Å²) in [7, 11) is 0. The fourth-order valence-electron chi connectivity index (χ4n) is 2.25. The van der Waals surface area contributed by atoms with E-state index >= 15 is 0 Å². The van der Waals surface area contributed by atoms with Gasteiger partial charge in [-0.15, -0.1) is 0 Å². The van der Waals surface area contributed by atoms with Gasteiger partial charge in [-0.25, -0.2) is 0 Å². The Kier molecular flexibility index (Phi) is 4.34. The maximum atomic E-state index is 5.78. The van der Waals surface area contributed by atoms with Gasteiger partial charge in [-0.05, 0) is 12.0 Å². The van der Waals surface area contributed by atoms with Crippen LogP contribution in [0.5, 0.6) is 0 Å². The molecule has 3 N–H and O–H groups in total. The molecule has 3 heteroatoms. The van der Waals surface area contributed by atoms with Gasteiger partial charge < -0.3 is 11.1 Å². The number of nitrogens with two attached hydrogens (primary N) is 1. The third-order valence-corrected chi connectivity index (χ3v) is 3.27. The van der Waals surface area contributed by atoms with Crippen LogP contribution in [0.15, 0.2) is 30.3 Å². The number of hydrogen-bond acceptors (Lipinski definition) is 3. The number of nitrogens with zero attached hydrogens (tertiary/aromatic N) is 1. The Hall–Kier alpha value is -0.900. The molecule has 0 bridgehead atoms. The first-order valence-corrected chi connectivity index (χ1v) is 6.09. The zero-order valence-corrected chi connectivity index (χ0v) is 9.73. The first-order valence-electron chi connectivity index (χ1n) is 6.09. The molecule has 0 amide bonds. The van der Waals surface area contributed by atoms with E-state index in [9.17, 15) is 0 Å². The van der Waals surface area contributed by atoms with Crippen molar-refractivity contribution in [1.29, 1.82) is 0 Å². The minimum absolute atomic E-state index is 0.512. The van der Waals surface area contributed by atoms with Gasteiger partial charge in [-0.3, -0.25) is 4.90 Å². The molecule has 16 heavy (non-hydrogen) atoms. The summed E-state index contributed by atoms with van der Waals surface area (Å²) in [6.45, 7) is 5.11. The monoisotopic (exact) mass is 219 g/mol. The molecule has 2 rings (SSSR count). The van der Waals surface area contributed by atoms with Gasteiger partial charge in [0.25, 0.3) is 0 Å². The SMILES string of the molecule is NCC1CNCCN1CCc1ccccc1. The zero-order chi connectivity index (χ0) is 11.2. The Balaban J connectivity index is 1.84. The quantitative estimate of drug-likeness (QED) is 0.773. The second kappa shape index (κ2) is 5.99. The Morgan fingerprint density at radius 1 is 1.31 bits per heavy atom. The van der Waals surface area contributed by atoms with Crippen LogP contribution >= 0.6 is 0 Å². The molecule has 0 radical (unpaired) electrons. The summed E-state index contributed by atoms with van der Waals surface area (Å²) in [6.07, 6.45) is 1.12. The molecular formula is C13H21N3. The highest BCUT2D eigenvalue weighted by Gasteiger charge is 2.19. The van der Waals surface area contributed by atoms with Gasteiger partial charge in [0.05, 0.1) is 0 Å². The highest BCUT2D eigenvalue weighted by molar-refractivity contribution is 5.14. The van der Waals surface area contributed by atoms with Gasteiger partial charge in [0, 0.05) is 38.8 Å². The predicted octanol–water partition coefficient (Wildman–Crippen LogP) is 0.462. The van der Waals surface area contributed by atoms with Crippen LogP contribution in [0.1, 0.15) is 5.56 Å². The predicted molar refractivity (Wildman–Crippen MR) is 67.4 cm³/mol. The third kappa shape index (κ3) is 3.04. The van der Waals surface area contributed by atoms with Crippen LogP contribution in [0.4, 0.5) is 0 Å². The van der Waals surface area contributed by atoms with Crippen LogP contribution in [0, 0.1) is 0 Å². The van der Waals surface area contributed by atoms with Gasteiger partial charge in [-0.2, -0.15) is 0 Å². The molecule has 1 aromatic rings. The standard InChI is InChI=1S/C13H21N3/c14-10-13-11-15-7-9-16(13)8-6-12-4-2-1-3-5-12/h1-5,13,15H,6-11,14H2. The summed E-state index contributed by atoms with van der Waals surface area (Å²) in [5.41, 5.74) is 7.19. The van der Waals surface area contributed by atoms with E-state index < -0.39 is 0 Å². The van der Waals surface area contributed by atoms with Crippen molar-refractivity contribution in [3.05, 3.63) is 35.9 Å². The number of hydrogen-bond donors (Lipinski definition) is 2. The van der Waals surface area contributed by atoms with Crippen molar-refractivity contribution in [1.82, 2.24) is 10.2 Å². The number of benzene rings is 1. The normalized spacial score (nSPS) is 22.2. The molecule has 3 nitrogen and oxygen atoms in total. The molecule has 0 aliphatic carbocycles. The van der Waals surface area contributed by atoms with Gasteiger partial charge in [-0.1, -0.05) is 30.3 Å². The van der Waals surface area contributed by atoms with Gasteiger partial charge >= 0.3 is 0 Å². The molecule has 1 unspecified atom stereocenters. The summed E-state index contributed by atoms with van der Waals surface area (Å²) >= 11 is 0. The van der Waals surface area contributed by atoms with Crippen molar-refractivity contribution < 1.29 is 0 Å². The Bertz CT molecular complexity index is 299. The highest BCUT2D eigenvalue weighted by atomic mass is 15.2. The van der Waals surface area contributed by atoms with E-state index in [0.29, 0.717) is 6.04 Å². The van der Waals surface area contributed by atoms with E-state index in [1.807, 2.05) is 0 Å². The number of rotatable bonds is 4. The van der Waals surface area contributed by atoms with Crippen LogP contribution in [-0.4, -0.2) is 43.7 Å². The molecule has 0 aromatic heterocycles. The number of piperazine rings is 1. The average Bonchev–Trinajstić information content (AvgIpc) is 2.38. The molecule has 1 saturated heterocycles. The van der Waals surface area contributed by atoms with E-state index in [1.165, 1.54) is 5.56 Å². The second-order valence-corrected chi connectivity index (χ2v) is 4.37. The van der Waals surface area contributed by atoms with E-state index in [2.05, 4.69) is 40.5 Å². The maximum Gasteiger partial charge on any atom is 0.0343 e. The van der Waals surface area contributed by atoms with Crippen molar-refractivity contribution in [3.63, 3.8) is 0 Å². The molecule has 0 spiro atoms. The molecular weight excluding hydrogens is 198 g/mol. The van der Waals surface area contributed by atoms with Crippen molar-refractivity contribution in [3.8, 4) is 0 Å². The Morgan fingerprint density at radius 2 is 2.12 bits per heavy atom. The molecule has 88 valence electrons. The van der Waals surface area contributed by atoms with Crippen molar-refractivity contribution in [2.75, 3.05) is 32.7 Å². The summed E-state index contributed by atoms with van der Waals surface area (Å²) in [4.78, 5) is 2.50. The molecule has 1 aliphatic rings. The van der Waals surface area contributed by atoms with Crippen LogP contribution in [-0.2, 0) is 6.42 Å². The highest BCUT2D eigenvalue weighted by Crippen LogP contribution is 2.06. The first kappa shape index (κ1) is 11.6. The third-order valence-electron chi connectivity index (χ3n) is 3.27. The van der Waals surface area contributed by atoms with E-state index in [0.717, 1.165) is 39.1 Å². The average molecular weight is 219 g/mol. The fourth-order valence-corrected chi connectivity index (χ4v) is 2.25. The molecule has 0 saturated carbocycles. The fraction of sp³-hybridized carbons (Fsp3) is 0.538. The van der Waals surface area contributed by atoms with Gasteiger partial charge in [0.1, 0.15) is 0 Å². The van der Waals surface area contributed by atoms with Crippen LogP contribution < -0.4 is 11.1 Å². The van der Waals surface area contributed by atoms with E-state index in [1.54, 1.807) is 0 Å². The van der Waals surface area contributed by atoms with Crippen LogP contribution in [0.3, 0.4) is 0 Å². The molecule has 1 aliphatic heterocycles.